The number of esters is 1. The van der Waals surface area contributed by atoms with E-state index in [0.29, 0.717) is 43.1 Å². The van der Waals surface area contributed by atoms with Crippen LogP contribution in [0.5, 0.6) is 5.88 Å². The van der Waals surface area contributed by atoms with Crippen molar-refractivity contribution >= 4 is 28.8 Å². The van der Waals surface area contributed by atoms with Gasteiger partial charge in [0.25, 0.3) is 0 Å². The van der Waals surface area contributed by atoms with Crippen molar-refractivity contribution in [1.82, 2.24) is 19.9 Å². The van der Waals surface area contributed by atoms with Crippen molar-refractivity contribution in [2.45, 2.75) is 26.4 Å². The predicted octanol–water partition coefficient (Wildman–Crippen LogP) is 3.30. The van der Waals surface area contributed by atoms with Crippen LogP contribution in [-0.4, -0.2) is 63.7 Å². The van der Waals surface area contributed by atoms with Gasteiger partial charge in [0, 0.05) is 37.6 Å². The molecule has 0 bridgehead atoms. The second-order valence-electron chi connectivity index (χ2n) is 8.45. The first kappa shape index (κ1) is 21.5. The van der Waals surface area contributed by atoms with E-state index in [0.717, 1.165) is 5.39 Å². The predicted molar refractivity (Wildman–Crippen MR) is 119 cm³/mol. The molecule has 9 heteroatoms. The van der Waals surface area contributed by atoms with Crippen LogP contribution >= 0.6 is 0 Å². The third-order valence-electron chi connectivity index (χ3n) is 4.91. The number of ether oxygens (including phenoxy) is 2. The molecule has 4 rings (SSSR count). The minimum absolute atomic E-state index is 0.176. The SMILES string of the molecule is CC(C)(C)OC(=O)N1CCN(c2ncnc3cnc(OC(=O)c4ccccc4)cc23)CC1. The van der Waals surface area contributed by atoms with Crippen LogP contribution in [0.25, 0.3) is 10.9 Å². The zero-order valence-corrected chi connectivity index (χ0v) is 18.3. The molecule has 166 valence electrons. The summed E-state index contributed by atoms with van der Waals surface area (Å²) in [7, 11) is 0. The minimum Gasteiger partial charge on any atom is -0.444 e. The van der Waals surface area contributed by atoms with Gasteiger partial charge >= 0.3 is 12.1 Å². The molecule has 1 fully saturated rings. The van der Waals surface area contributed by atoms with Gasteiger partial charge in [-0.3, -0.25) is 0 Å². The molecule has 1 aromatic carbocycles. The van der Waals surface area contributed by atoms with Gasteiger partial charge in [0.1, 0.15) is 17.7 Å². The van der Waals surface area contributed by atoms with Crippen molar-refractivity contribution < 1.29 is 19.1 Å². The first-order chi connectivity index (χ1) is 15.3. The summed E-state index contributed by atoms with van der Waals surface area (Å²) in [5.41, 5.74) is 0.554. The molecule has 3 heterocycles. The third kappa shape index (κ3) is 4.93. The quantitative estimate of drug-likeness (QED) is 0.578. The highest BCUT2D eigenvalue weighted by atomic mass is 16.6. The number of rotatable bonds is 3. The van der Waals surface area contributed by atoms with Gasteiger partial charge in [-0.05, 0) is 32.9 Å². The van der Waals surface area contributed by atoms with Crippen LogP contribution in [0.1, 0.15) is 31.1 Å². The van der Waals surface area contributed by atoms with Crippen LogP contribution in [0, 0.1) is 0 Å². The number of aromatic nitrogens is 3. The van der Waals surface area contributed by atoms with E-state index in [4.69, 9.17) is 9.47 Å². The van der Waals surface area contributed by atoms with Crippen molar-refractivity contribution in [3.8, 4) is 5.88 Å². The molecular weight excluding hydrogens is 410 g/mol. The Labute approximate surface area is 186 Å². The fourth-order valence-corrected chi connectivity index (χ4v) is 3.39. The lowest BCUT2D eigenvalue weighted by Crippen LogP contribution is -2.50. The average molecular weight is 435 g/mol. The summed E-state index contributed by atoms with van der Waals surface area (Å²) >= 11 is 0. The highest BCUT2D eigenvalue weighted by Gasteiger charge is 2.27. The lowest BCUT2D eigenvalue weighted by atomic mass is 10.2. The molecule has 1 aliphatic rings. The van der Waals surface area contributed by atoms with Gasteiger partial charge in [-0.2, -0.15) is 0 Å². The van der Waals surface area contributed by atoms with E-state index in [1.54, 1.807) is 41.4 Å². The minimum atomic E-state index is -0.530. The largest absolute Gasteiger partial charge is 0.444 e. The van der Waals surface area contributed by atoms with Crippen molar-refractivity contribution in [3.63, 3.8) is 0 Å². The smallest absolute Gasteiger partial charge is 0.410 e. The lowest BCUT2D eigenvalue weighted by Gasteiger charge is -2.36. The second-order valence-corrected chi connectivity index (χ2v) is 8.45. The maximum atomic E-state index is 12.4. The summed E-state index contributed by atoms with van der Waals surface area (Å²) in [6.07, 6.45) is 2.73. The fraction of sp³-hybridized carbons (Fsp3) is 0.348. The Bertz CT molecular complexity index is 1120. The molecular formula is C23H25N5O4. The highest BCUT2D eigenvalue weighted by Crippen LogP contribution is 2.27. The standard InChI is InChI=1S/C23H25N5O4/c1-23(2,3)32-22(30)28-11-9-27(10-12-28)20-17-13-19(24-14-18(17)25-15-26-20)31-21(29)16-7-5-4-6-8-16/h4-8,13-15H,9-12H2,1-3H3. The Morgan fingerprint density at radius 3 is 2.38 bits per heavy atom. The first-order valence-electron chi connectivity index (χ1n) is 10.4. The molecule has 32 heavy (non-hydrogen) atoms. The number of nitrogens with zero attached hydrogens (tertiary/aromatic N) is 5. The molecule has 9 nitrogen and oxygen atoms in total. The summed E-state index contributed by atoms with van der Waals surface area (Å²) < 4.78 is 10.9. The number of amides is 1. The van der Waals surface area contributed by atoms with E-state index in [1.807, 2.05) is 26.8 Å². The Morgan fingerprint density at radius 2 is 1.69 bits per heavy atom. The van der Waals surface area contributed by atoms with Gasteiger partial charge in [0.15, 0.2) is 0 Å². The fourth-order valence-electron chi connectivity index (χ4n) is 3.39. The number of hydrogen-bond donors (Lipinski definition) is 0. The van der Waals surface area contributed by atoms with Gasteiger partial charge in [-0.1, -0.05) is 18.2 Å². The second kappa shape index (κ2) is 8.78. The van der Waals surface area contributed by atoms with E-state index in [-0.39, 0.29) is 12.0 Å². The molecule has 0 N–H and O–H groups in total. The van der Waals surface area contributed by atoms with Crippen LogP contribution in [0.3, 0.4) is 0 Å². The van der Waals surface area contributed by atoms with E-state index in [9.17, 15) is 9.59 Å². The zero-order valence-electron chi connectivity index (χ0n) is 18.3. The number of carbonyl (C=O) groups excluding carboxylic acids is 2. The number of pyridine rings is 1. The van der Waals surface area contributed by atoms with Gasteiger partial charge < -0.3 is 19.3 Å². The maximum Gasteiger partial charge on any atom is 0.410 e. The van der Waals surface area contributed by atoms with Crippen LogP contribution in [-0.2, 0) is 4.74 Å². The Morgan fingerprint density at radius 1 is 0.969 bits per heavy atom. The van der Waals surface area contributed by atoms with Gasteiger partial charge in [0.2, 0.25) is 5.88 Å². The maximum absolute atomic E-state index is 12.4. The van der Waals surface area contributed by atoms with Crippen LogP contribution < -0.4 is 9.64 Å². The van der Waals surface area contributed by atoms with Gasteiger partial charge in [-0.15, -0.1) is 0 Å². The molecule has 0 radical (unpaired) electrons. The van der Waals surface area contributed by atoms with E-state index in [1.165, 1.54) is 6.33 Å². The summed E-state index contributed by atoms with van der Waals surface area (Å²) in [4.78, 5) is 41.4. The molecule has 0 spiro atoms. The van der Waals surface area contributed by atoms with Crippen LogP contribution in [0.15, 0.2) is 48.9 Å². The van der Waals surface area contributed by atoms with Crippen LogP contribution in [0.4, 0.5) is 10.6 Å². The van der Waals surface area contributed by atoms with E-state index >= 15 is 0 Å². The van der Waals surface area contributed by atoms with Crippen LogP contribution in [0.2, 0.25) is 0 Å². The molecule has 0 atom stereocenters. The molecule has 0 unspecified atom stereocenters. The lowest BCUT2D eigenvalue weighted by molar-refractivity contribution is 0.0240. The average Bonchev–Trinajstić information content (AvgIpc) is 2.78. The number of hydrogen-bond acceptors (Lipinski definition) is 8. The summed E-state index contributed by atoms with van der Waals surface area (Å²) in [5, 5.41) is 0.726. The molecule has 0 aliphatic carbocycles. The topological polar surface area (TPSA) is 97.8 Å². The zero-order chi connectivity index (χ0) is 22.7. The molecule has 2 aromatic heterocycles. The van der Waals surface area contributed by atoms with Gasteiger partial charge in [0.05, 0.1) is 17.3 Å². The van der Waals surface area contributed by atoms with Gasteiger partial charge in [-0.25, -0.2) is 24.5 Å². The van der Waals surface area contributed by atoms with E-state index in [2.05, 4.69) is 19.9 Å². The van der Waals surface area contributed by atoms with E-state index < -0.39 is 11.6 Å². The third-order valence-corrected chi connectivity index (χ3v) is 4.91. The van der Waals surface area contributed by atoms with Crippen molar-refractivity contribution in [2.24, 2.45) is 0 Å². The summed E-state index contributed by atoms with van der Waals surface area (Å²) in [5.74, 6) is 0.398. The summed E-state index contributed by atoms with van der Waals surface area (Å²) in [6, 6.07) is 10.4. The molecule has 1 aliphatic heterocycles. The molecule has 3 aromatic rings. The number of carbonyl (C=O) groups is 2. The van der Waals surface area contributed by atoms with Crippen molar-refractivity contribution in [1.29, 1.82) is 0 Å². The number of piperazine rings is 1. The Balaban J connectivity index is 1.50. The number of anilines is 1. The van der Waals surface area contributed by atoms with Crippen molar-refractivity contribution in [3.05, 3.63) is 54.5 Å². The Hall–Kier alpha value is -3.75. The highest BCUT2D eigenvalue weighted by molar-refractivity contribution is 5.93. The molecule has 1 saturated heterocycles. The molecule has 1 amide bonds. The Kier molecular flexibility index (Phi) is 5.89. The van der Waals surface area contributed by atoms with Crippen molar-refractivity contribution in [2.75, 3.05) is 31.1 Å². The normalized spacial score (nSPS) is 14.3. The number of fused-ring (bicyclic) bond motifs is 1. The summed E-state index contributed by atoms with van der Waals surface area (Å²) in [6.45, 7) is 7.77. The molecule has 0 saturated carbocycles. The first-order valence-corrected chi connectivity index (χ1v) is 10.4. The monoisotopic (exact) mass is 435 g/mol. The number of benzene rings is 1.